The molecule has 1 aromatic carbocycles. The van der Waals surface area contributed by atoms with Crippen molar-refractivity contribution in [2.45, 2.75) is 20.4 Å². The van der Waals surface area contributed by atoms with Crippen LogP contribution in [0.25, 0.3) is 6.08 Å². The van der Waals surface area contributed by atoms with Gasteiger partial charge in [0.2, 0.25) is 0 Å². The summed E-state index contributed by atoms with van der Waals surface area (Å²) in [5.41, 5.74) is 7.33. The first-order chi connectivity index (χ1) is 10.5. The van der Waals surface area contributed by atoms with Crippen LogP contribution in [0.1, 0.15) is 17.0 Å². The van der Waals surface area contributed by atoms with Crippen molar-refractivity contribution in [3.63, 3.8) is 0 Å². The third-order valence-electron chi connectivity index (χ3n) is 2.95. The molecule has 22 heavy (non-hydrogen) atoms. The number of hydrogen-bond acceptors (Lipinski definition) is 3. The van der Waals surface area contributed by atoms with Crippen molar-refractivity contribution in [3.05, 3.63) is 59.4 Å². The topological polar surface area (TPSA) is 76.0 Å². The Bertz CT molecular complexity index is 689. The molecule has 0 aliphatic heterocycles. The van der Waals surface area contributed by atoms with E-state index in [4.69, 9.17) is 0 Å². The number of nitrogens with zero attached hydrogens (tertiary/aromatic N) is 2. The summed E-state index contributed by atoms with van der Waals surface area (Å²) in [5, 5.41) is 4.18. The second-order valence-corrected chi connectivity index (χ2v) is 4.87. The van der Waals surface area contributed by atoms with Gasteiger partial charge in [0.05, 0.1) is 5.69 Å². The van der Waals surface area contributed by atoms with Crippen LogP contribution in [0.15, 0.2) is 42.5 Å². The van der Waals surface area contributed by atoms with Crippen molar-refractivity contribution in [1.82, 2.24) is 20.6 Å². The maximum atomic E-state index is 11.7. The molecule has 1 heterocycles. The first kappa shape index (κ1) is 15.5. The van der Waals surface area contributed by atoms with Crippen LogP contribution in [0.2, 0.25) is 0 Å². The van der Waals surface area contributed by atoms with Gasteiger partial charge < -0.3 is 0 Å². The summed E-state index contributed by atoms with van der Waals surface area (Å²) in [6.45, 7) is 3.79. The zero-order valence-electron chi connectivity index (χ0n) is 12.5. The van der Waals surface area contributed by atoms with Gasteiger partial charge in [-0.1, -0.05) is 30.3 Å². The van der Waals surface area contributed by atoms with Gasteiger partial charge in [0.1, 0.15) is 6.54 Å². The highest BCUT2D eigenvalue weighted by Crippen LogP contribution is 2.01. The van der Waals surface area contributed by atoms with Crippen LogP contribution in [0.3, 0.4) is 0 Å². The van der Waals surface area contributed by atoms with Gasteiger partial charge >= 0.3 is 0 Å². The van der Waals surface area contributed by atoms with Gasteiger partial charge in [-0.2, -0.15) is 5.10 Å². The highest BCUT2D eigenvalue weighted by molar-refractivity contribution is 5.93. The molecule has 114 valence electrons. The summed E-state index contributed by atoms with van der Waals surface area (Å²) in [7, 11) is 0. The van der Waals surface area contributed by atoms with E-state index < -0.39 is 5.91 Å². The summed E-state index contributed by atoms with van der Waals surface area (Å²) in [5.74, 6) is -0.738. The number of amides is 2. The molecule has 0 aliphatic rings. The minimum Gasteiger partial charge on any atom is -0.271 e. The summed E-state index contributed by atoms with van der Waals surface area (Å²) >= 11 is 0. The van der Waals surface area contributed by atoms with E-state index in [9.17, 15) is 9.59 Å². The van der Waals surface area contributed by atoms with E-state index in [0.29, 0.717) is 0 Å². The molecular weight excluding hydrogens is 280 g/mol. The fraction of sp³-hybridized carbons (Fsp3) is 0.188. The van der Waals surface area contributed by atoms with Crippen LogP contribution in [-0.4, -0.2) is 21.6 Å². The lowest BCUT2D eigenvalue weighted by atomic mass is 10.2. The van der Waals surface area contributed by atoms with E-state index in [-0.39, 0.29) is 12.5 Å². The Morgan fingerprint density at radius 1 is 1.18 bits per heavy atom. The van der Waals surface area contributed by atoms with E-state index in [0.717, 1.165) is 17.0 Å². The highest BCUT2D eigenvalue weighted by atomic mass is 16.2. The molecule has 0 saturated heterocycles. The number of aromatic nitrogens is 2. The third-order valence-corrected chi connectivity index (χ3v) is 2.95. The van der Waals surface area contributed by atoms with Crippen LogP contribution in [0.5, 0.6) is 0 Å². The molecule has 0 saturated carbocycles. The Balaban J connectivity index is 1.80. The monoisotopic (exact) mass is 298 g/mol. The molecule has 6 heteroatoms. The smallest absolute Gasteiger partial charge is 0.262 e. The average molecular weight is 298 g/mol. The van der Waals surface area contributed by atoms with E-state index in [1.807, 2.05) is 50.2 Å². The summed E-state index contributed by atoms with van der Waals surface area (Å²) in [6, 6.07) is 11.3. The van der Waals surface area contributed by atoms with Gasteiger partial charge in [0.25, 0.3) is 11.8 Å². The van der Waals surface area contributed by atoms with E-state index in [1.54, 1.807) is 10.8 Å². The van der Waals surface area contributed by atoms with Gasteiger partial charge in [0.15, 0.2) is 0 Å². The predicted molar refractivity (Wildman–Crippen MR) is 83.5 cm³/mol. The Morgan fingerprint density at radius 3 is 2.55 bits per heavy atom. The van der Waals surface area contributed by atoms with Crippen molar-refractivity contribution in [3.8, 4) is 0 Å². The molecule has 0 radical (unpaired) electrons. The van der Waals surface area contributed by atoms with Gasteiger partial charge in [0, 0.05) is 11.8 Å². The van der Waals surface area contributed by atoms with Crippen molar-refractivity contribution in [1.29, 1.82) is 0 Å². The zero-order chi connectivity index (χ0) is 15.9. The van der Waals surface area contributed by atoms with Crippen LogP contribution >= 0.6 is 0 Å². The number of aryl methyl sites for hydroxylation is 2. The molecule has 0 atom stereocenters. The SMILES string of the molecule is Cc1cc(C)n(CC(=O)NNC(=O)C=Cc2ccccc2)n1. The fourth-order valence-electron chi connectivity index (χ4n) is 1.92. The molecule has 0 bridgehead atoms. The summed E-state index contributed by atoms with van der Waals surface area (Å²) in [6.07, 6.45) is 3.03. The number of carbonyl (C=O) groups is 2. The number of benzene rings is 1. The Hall–Kier alpha value is -2.89. The molecule has 0 fully saturated rings. The van der Waals surface area contributed by atoms with Gasteiger partial charge in [-0.3, -0.25) is 25.1 Å². The molecule has 0 aliphatic carbocycles. The quantitative estimate of drug-likeness (QED) is 0.661. The number of rotatable bonds is 4. The Morgan fingerprint density at radius 2 is 1.91 bits per heavy atom. The van der Waals surface area contributed by atoms with Crippen molar-refractivity contribution < 1.29 is 9.59 Å². The minimum absolute atomic E-state index is 0.0579. The third kappa shape index (κ3) is 4.59. The maximum Gasteiger partial charge on any atom is 0.262 e. The molecule has 2 N–H and O–H groups in total. The number of hydrogen-bond donors (Lipinski definition) is 2. The number of hydrazine groups is 1. The second-order valence-electron chi connectivity index (χ2n) is 4.87. The van der Waals surface area contributed by atoms with Crippen LogP contribution in [0, 0.1) is 13.8 Å². The molecule has 0 spiro atoms. The van der Waals surface area contributed by atoms with Crippen LogP contribution in [0.4, 0.5) is 0 Å². The number of carbonyl (C=O) groups excluding carboxylic acids is 2. The predicted octanol–water partition coefficient (Wildman–Crippen LogP) is 1.36. The summed E-state index contributed by atoms with van der Waals surface area (Å²) in [4.78, 5) is 23.4. The molecular formula is C16H18N4O2. The molecule has 2 aromatic rings. The standard InChI is InChI=1S/C16H18N4O2/c1-12-10-13(2)20(19-12)11-16(22)18-17-15(21)9-8-14-6-4-3-5-7-14/h3-10H,11H2,1-2H3,(H,17,21)(H,18,22). The Labute approximate surface area is 128 Å². The Kier molecular flexibility index (Phi) is 5.08. The average Bonchev–Trinajstić information content (AvgIpc) is 2.82. The highest BCUT2D eigenvalue weighted by Gasteiger charge is 2.07. The van der Waals surface area contributed by atoms with Crippen molar-refractivity contribution in [2.24, 2.45) is 0 Å². The lowest BCUT2D eigenvalue weighted by Crippen LogP contribution is -2.42. The van der Waals surface area contributed by atoms with E-state index in [1.165, 1.54) is 6.08 Å². The zero-order valence-corrected chi connectivity index (χ0v) is 12.5. The van der Waals surface area contributed by atoms with Gasteiger partial charge in [-0.15, -0.1) is 0 Å². The van der Waals surface area contributed by atoms with Crippen molar-refractivity contribution >= 4 is 17.9 Å². The normalized spacial score (nSPS) is 10.6. The fourth-order valence-corrected chi connectivity index (χ4v) is 1.92. The molecule has 6 nitrogen and oxygen atoms in total. The number of nitrogens with one attached hydrogen (secondary N) is 2. The first-order valence-corrected chi connectivity index (χ1v) is 6.87. The van der Waals surface area contributed by atoms with Crippen LogP contribution < -0.4 is 10.9 Å². The first-order valence-electron chi connectivity index (χ1n) is 6.87. The van der Waals surface area contributed by atoms with Gasteiger partial charge in [-0.25, -0.2) is 0 Å². The second kappa shape index (κ2) is 7.21. The molecule has 2 amide bonds. The summed E-state index contributed by atoms with van der Waals surface area (Å²) < 4.78 is 1.58. The maximum absolute atomic E-state index is 11.7. The molecule has 1 aromatic heterocycles. The van der Waals surface area contributed by atoms with Gasteiger partial charge in [-0.05, 0) is 31.6 Å². The lowest BCUT2D eigenvalue weighted by Gasteiger charge is -2.06. The molecule has 2 rings (SSSR count). The van der Waals surface area contributed by atoms with Crippen LogP contribution in [-0.2, 0) is 16.1 Å². The lowest BCUT2D eigenvalue weighted by molar-refractivity contribution is -0.127. The van der Waals surface area contributed by atoms with E-state index >= 15 is 0 Å². The molecule has 0 unspecified atom stereocenters. The minimum atomic E-state index is -0.398. The van der Waals surface area contributed by atoms with E-state index in [2.05, 4.69) is 16.0 Å². The largest absolute Gasteiger partial charge is 0.271 e. The van der Waals surface area contributed by atoms with Crippen molar-refractivity contribution in [2.75, 3.05) is 0 Å².